The summed E-state index contributed by atoms with van der Waals surface area (Å²) < 4.78 is 10.4. The van der Waals surface area contributed by atoms with Gasteiger partial charge in [-0.2, -0.15) is 0 Å². The Morgan fingerprint density at radius 2 is 2.42 bits per heavy atom. The lowest BCUT2D eigenvalue weighted by atomic mass is 10.5. The van der Waals surface area contributed by atoms with Crippen LogP contribution < -0.4 is 4.74 Å². The third-order valence-electron chi connectivity index (χ3n) is 1.28. The van der Waals surface area contributed by atoms with Crippen LogP contribution in [-0.2, 0) is 4.74 Å². The zero-order chi connectivity index (χ0) is 8.65. The van der Waals surface area contributed by atoms with Crippen molar-refractivity contribution in [3.05, 3.63) is 24.5 Å². The second kappa shape index (κ2) is 5.55. The highest BCUT2D eigenvalue weighted by Gasteiger charge is 1.90. The van der Waals surface area contributed by atoms with E-state index >= 15 is 0 Å². The van der Waals surface area contributed by atoms with Crippen molar-refractivity contribution in [1.82, 2.24) is 4.98 Å². The quantitative estimate of drug-likeness (QED) is 0.618. The molecule has 0 aliphatic carbocycles. The van der Waals surface area contributed by atoms with E-state index in [2.05, 4.69) is 11.1 Å². The summed E-state index contributed by atoms with van der Waals surface area (Å²) in [5.74, 6) is 0.734. The van der Waals surface area contributed by atoms with Crippen LogP contribution in [0.3, 0.4) is 0 Å². The van der Waals surface area contributed by atoms with Crippen molar-refractivity contribution in [2.24, 2.45) is 0 Å². The normalized spacial score (nSPS) is 9.75. The molecule has 0 saturated heterocycles. The third kappa shape index (κ3) is 3.34. The summed E-state index contributed by atoms with van der Waals surface area (Å²) >= 11 is 0. The smallest absolute Gasteiger partial charge is 0.138 e. The van der Waals surface area contributed by atoms with E-state index in [0.29, 0.717) is 13.2 Å². The van der Waals surface area contributed by atoms with E-state index in [1.807, 2.05) is 6.92 Å². The van der Waals surface area contributed by atoms with E-state index in [9.17, 15) is 0 Å². The van der Waals surface area contributed by atoms with Gasteiger partial charge in [0.2, 0.25) is 0 Å². The molecule has 0 spiro atoms. The van der Waals surface area contributed by atoms with Crippen LogP contribution in [0, 0.1) is 6.07 Å². The van der Waals surface area contributed by atoms with Crippen LogP contribution >= 0.6 is 0 Å². The van der Waals surface area contributed by atoms with Crippen LogP contribution in [0.4, 0.5) is 0 Å². The number of nitrogens with zero attached hydrogens (tertiary/aromatic N) is 1. The van der Waals surface area contributed by atoms with Crippen molar-refractivity contribution < 1.29 is 9.47 Å². The Morgan fingerprint density at radius 1 is 1.50 bits per heavy atom. The second-order valence-corrected chi connectivity index (χ2v) is 2.17. The summed E-state index contributed by atoms with van der Waals surface area (Å²) in [6, 6.07) is 4.57. The molecule has 1 heterocycles. The zero-order valence-electron chi connectivity index (χ0n) is 7.12. The fourth-order valence-electron chi connectivity index (χ4n) is 0.752. The molecule has 0 unspecified atom stereocenters. The number of rotatable bonds is 5. The molecule has 12 heavy (non-hydrogen) atoms. The van der Waals surface area contributed by atoms with Gasteiger partial charge >= 0.3 is 0 Å². The van der Waals surface area contributed by atoms with Gasteiger partial charge in [0.05, 0.1) is 12.8 Å². The summed E-state index contributed by atoms with van der Waals surface area (Å²) in [5, 5.41) is 0. The summed E-state index contributed by atoms with van der Waals surface area (Å²) in [7, 11) is 0. The predicted octanol–water partition coefficient (Wildman–Crippen LogP) is 1.30. The van der Waals surface area contributed by atoms with Crippen molar-refractivity contribution in [1.29, 1.82) is 0 Å². The number of aromatic nitrogens is 1. The molecule has 0 amide bonds. The van der Waals surface area contributed by atoms with E-state index in [-0.39, 0.29) is 0 Å². The highest BCUT2D eigenvalue weighted by molar-refractivity contribution is 5.14. The Labute approximate surface area is 72.3 Å². The summed E-state index contributed by atoms with van der Waals surface area (Å²) in [6.45, 7) is 3.86. The van der Waals surface area contributed by atoms with Gasteiger partial charge in [0.15, 0.2) is 0 Å². The van der Waals surface area contributed by atoms with Gasteiger partial charge in [-0.25, -0.2) is 0 Å². The van der Waals surface area contributed by atoms with Crippen LogP contribution in [-0.4, -0.2) is 24.8 Å². The van der Waals surface area contributed by atoms with Gasteiger partial charge in [0.1, 0.15) is 12.4 Å². The lowest BCUT2D eigenvalue weighted by Gasteiger charge is -2.04. The topological polar surface area (TPSA) is 31.4 Å². The third-order valence-corrected chi connectivity index (χ3v) is 1.28. The average molecular weight is 166 g/mol. The van der Waals surface area contributed by atoms with E-state index in [1.54, 1.807) is 18.5 Å². The Morgan fingerprint density at radius 3 is 3.08 bits per heavy atom. The van der Waals surface area contributed by atoms with E-state index < -0.39 is 0 Å². The molecule has 0 aliphatic rings. The monoisotopic (exact) mass is 166 g/mol. The van der Waals surface area contributed by atoms with Gasteiger partial charge < -0.3 is 9.47 Å². The van der Waals surface area contributed by atoms with Crippen LogP contribution in [0.15, 0.2) is 18.5 Å². The van der Waals surface area contributed by atoms with Gasteiger partial charge in [0.25, 0.3) is 0 Å². The first-order valence-corrected chi connectivity index (χ1v) is 3.95. The number of ether oxygens (including phenoxy) is 2. The first-order chi connectivity index (χ1) is 5.93. The summed E-state index contributed by atoms with van der Waals surface area (Å²) in [5.41, 5.74) is 0. The molecule has 0 N–H and O–H groups in total. The largest absolute Gasteiger partial charge is 0.490 e. The molecule has 0 saturated carbocycles. The van der Waals surface area contributed by atoms with E-state index in [1.165, 1.54) is 0 Å². The summed E-state index contributed by atoms with van der Waals surface area (Å²) in [4.78, 5) is 3.86. The Kier molecular flexibility index (Phi) is 4.16. The van der Waals surface area contributed by atoms with Gasteiger partial charge in [-0.05, 0) is 13.0 Å². The van der Waals surface area contributed by atoms with Gasteiger partial charge in [-0.15, -0.1) is 0 Å². The lowest BCUT2D eigenvalue weighted by molar-refractivity contribution is 0.110. The molecule has 3 heteroatoms. The number of pyridine rings is 1. The minimum atomic E-state index is 0.563. The maximum atomic E-state index is 5.29. The molecule has 65 valence electrons. The van der Waals surface area contributed by atoms with Crippen molar-refractivity contribution >= 4 is 0 Å². The van der Waals surface area contributed by atoms with Crippen LogP contribution in [0.2, 0.25) is 0 Å². The fraction of sp³-hybridized carbons (Fsp3) is 0.444. The van der Waals surface area contributed by atoms with Crippen molar-refractivity contribution in [2.75, 3.05) is 19.8 Å². The first kappa shape index (κ1) is 9.00. The predicted molar refractivity (Wildman–Crippen MR) is 45.1 cm³/mol. The van der Waals surface area contributed by atoms with E-state index in [0.717, 1.165) is 12.4 Å². The minimum Gasteiger partial charge on any atom is -0.490 e. The van der Waals surface area contributed by atoms with Crippen molar-refractivity contribution in [2.45, 2.75) is 6.92 Å². The maximum absolute atomic E-state index is 5.29. The molecule has 0 fully saturated rings. The SMILES string of the molecule is CCOCCOc1c[c]cnc1. The Balaban J connectivity index is 2.16. The summed E-state index contributed by atoms with van der Waals surface area (Å²) in [6.07, 6.45) is 3.25. The lowest BCUT2D eigenvalue weighted by Crippen LogP contribution is -2.06. The van der Waals surface area contributed by atoms with Crippen LogP contribution in [0.1, 0.15) is 6.92 Å². The van der Waals surface area contributed by atoms with E-state index in [4.69, 9.17) is 9.47 Å². The molecule has 1 radical (unpaired) electrons. The second-order valence-electron chi connectivity index (χ2n) is 2.17. The Hall–Kier alpha value is -1.09. The molecule has 1 aromatic rings. The molecule has 0 aromatic carbocycles. The molecule has 1 rings (SSSR count). The van der Waals surface area contributed by atoms with Gasteiger partial charge in [-0.1, -0.05) is 0 Å². The minimum absolute atomic E-state index is 0.563. The number of hydrogen-bond donors (Lipinski definition) is 0. The highest BCUT2D eigenvalue weighted by Crippen LogP contribution is 2.04. The molecule has 0 aliphatic heterocycles. The maximum Gasteiger partial charge on any atom is 0.138 e. The first-order valence-electron chi connectivity index (χ1n) is 3.95. The molecule has 0 bridgehead atoms. The zero-order valence-corrected chi connectivity index (χ0v) is 7.12. The van der Waals surface area contributed by atoms with Crippen LogP contribution in [0.25, 0.3) is 0 Å². The number of hydrogen-bond acceptors (Lipinski definition) is 3. The molecular formula is C9H12NO2. The standard InChI is InChI=1S/C9H12NO2/c1-2-11-6-7-12-9-4-3-5-10-8-9/h4-5,8H,2,6-7H2,1H3. The van der Waals surface area contributed by atoms with Gasteiger partial charge in [0, 0.05) is 18.9 Å². The Bertz CT molecular complexity index is 201. The van der Waals surface area contributed by atoms with Crippen molar-refractivity contribution in [3.63, 3.8) is 0 Å². The molecule has 1 aromatic heterocycles. The molecule has 3 nitrogen and oxygen atoms in total. The highest BCUT2D eigenvalue weighted by atomic mass is 16.5. The van der Waals surface area contributed by atoms with Crippen LogP contribution in [0.5, 0.6) is 5.75 Å². The molecule has 0 atom stereocenters. The van der Waals surface area contributed by atoms with Crippen molar-refractivity contribution in [3.8, 4) is 5.75 Å². The average Bonchev–Trinajstić information content (AvgIpc) is 2.14. The molecular weight excluding hydrogens is 154 g/mol. The fourth-order valence-corrected chi connectivity index (χ4v) is 0.752. The van der Waals surface area contributed by atoms with Gasteiger partial charge in [-0.3, -0.25) is 4.98 Å².